The van der Waals surface area contributed by atoms with Crippen molar-refractivity contribution >= 4 is 22.4 Å². The van der Waals surface area contributed by atoms with Crippen molar-refractivity contribution in [1.29, 1.82) is 0 Å². The molecule has 1 aliphatic rings. The van der Waals surface area contributed by atoms with Crippen molar-refractivity contribution in [3.8, 4) is 0 Å². The smallest absolute Gasteiger partial charge is 0.308 e. The third-order valence-electron chi connectivity index (χ3n) is 3.34. The highest BCUT2D eigenvalue weighted by Crippen LogP contribution is 2.33. The van der Waals surface area contributed by atoms with Gasteiger partial charge < -0.3 is 10.0 Å². The maximum absolute atomic E-state index is 11.2. The SMILES string of the molecule is CC1CC(C(=O)O)CN(c2nnc(C(C)(C)C)s2)C1. The lowest BCUT2D eigenvalue weighted by molar-refractivity contribution is -0.142. The van der Waals surface area contributed by atoms with Gasteiger partial charge in [-0.15, -0.1) is 10.2 Å². The van der Waals surface area contributed by atoms with Gasteiger partial charge in [0.1, 0.15) is 5.01 Å². The van der Waals surface area contributed by atoms with E-state index in [0.29, 0.717) is 12.5 Å². The number of hydrogen-bond donors (Lipinski definition) is 1. The first-order valence-corrected chi connectivity index (χ1v) is 7.40. The van der Waals surface area contributed by atoms with Gasteiger partial charge in [-0.3, -0.25) is 4.79 Å². The number of hydrogen-bond acceptors (Lipinski definition) is 5. The summed E-state index contributed by atoms with van der Waals surface area (Å²) in [6, 6.07) is 0. The standard InChI is InChI=1S/C13H21N3O2S/c1-8-5-9(10(17)18)7-16(6-8)12-15-14-11(19-12)13(2,3)4/h8-9H,5-7H2,1-4H3,(H,17,18). The molecule has 1 aromatic heterocycles. The Balaban J connectivity index is 2.17. The second-order valence-corrected chi connectivity index (χ2v) is 7.38. The molecule has 19 heavy (non-hydrogen) atoms. The van der Waals surface area contributed by atoms with E-state index in [1.165, 1.54) is 0 Å². The van der Waals surface area contributed by atoms with Gasteiger partial charge in [-0.2, -0.15) is 0 Å². The van der Waals surface area contributed by atoms with Crippen molar-refractivity contribution in [3.05, 3.63) is 5.01 Å². The van der Waals surface area contributed by atoms with Crippen molar-refractivity contribution in [2.75, 3.05) is 18.0 Å². The van der Waals surface area contributed by atoms with Crippen LogP contribution in [0.3, 0.4) is 0 Å². The molecule has 0 spiro atoms. The van der Waals surface area contributed by atoms with Gasteiger partial charge in [0.05, 0.1) is 5.92 Å². The second-order valence-electron chi connectivity index (χ2n) is 6.42. The highest BCUT2D eigenvalue weighted by molar-refractivity contribution is 7.15. The van der Waals surface area contributed by atoms with Crippen LogP contribution in [0.15, 0.2) is 0 Å². The fraction of sp³-hybridized carbons (Fsp3) is 0.769. The molecular weight excluding hydrogens is 262 g/mol. The number of nitrogens with zero attached hydrogens (tertiary/aromatic N) is 3. The van der Waals surface area contributed by atoms with E-state index >= 15 is 0 Å². The lowest BCUT2D eigenvalue weighted by Gasteiger charge is -2.34. The summed E-state index contributed by atoms with van der Waals surface area (Å²) in [6.07, 6.45) is 0.747. The van der Waals surface area contributed by atoms with Crippen LogP contribution in [-0.4, -0.2) is 34.4 Å². The molecular formula is C13H21N3O2S. The first kappa shape index (κ1) is 14.2. The average molecular weight is 283 g/mol. The summed E-state index contributed by atoms with van der Waals surface area (Å²) >= 11 is 1.57. The number of carbonyl (C=O) groups is 1. The summed E-state index contributed by atoms with van der Waals surface area (Å²) in [5, 5.41) is 19.5. The van der Waals surface area contributed by atoms with E-state index < -0.39 is 5.97 Å². The van der Waals surface area contributed by atoms with E-state index in [9.17, 15) is 9.90 Å². The Bertz CT molecular complexity index is 467. The molecule has 106 valence electrons. The lowest BCUT2D eigenvalue weighted by atomic mass is 9.91. The van der Waals surface area contributed by atoms with Gasteiger partial charge in [0.2, 0.25) is 5.13 Å². The maximum atomic E-state index is 11.2. The van der Waals surface area contributed by atoms with E-state index in [2.05, 4.69) is 42.8 Å². The molecule has 2 atom stereocenters. The minimum absolute atomic E-state index is 0.0104. The third-order valence-corrected chi connectivity index (χ3v) is 4.75. The van der Waals surface area contributed by atoms with Gasteiger partial charge in [0.15, 0.2) is 0 Å². The second kappa shape index (κ2) is 5.07. The average Bonchev–Trinajstić information content (AvgIpc) is 2.76. The van der Waals surface area contributed by atoms with Crippen LogP contribution >= 0.6 is 11.3 Å². The summed E-state index contributed by atoms with van der Waals surface area (Å²) in [6.45, 7) is 9.82. The number of aromatic nitrogens is 2. The molecule has 2 heterocycles. The summed E-state index contributed by atoms with van der Waals surface area (Å²) in [5.41, 5.74) is -0.0104. The maximum Gasteiger partial charge on any atom is 0.308 e. The van der Waals surface area contributed by atoms with E-state index in [4.69, 9.17) is 0 Å². The Hall–Kier alpha value is -1.17. The summed E-state index contributed by atoms with van der Waals surface area (Å²) in [7, 11) is 0. The molecule has 0 aliphatic carbocycles. The Kier molecular flexibility index (Phi) is 3.80. The van der Waals surface area contributed by atoms with Crippen molar-refractivity contribution in [2.24, 2.45) is 11.8 Å². The van der Waals surface area contributed by atoms with Crippen molar-refractivity contribution < 1.29 is 9.90 Å². The van der Waals surface area contributed by atoms with Crippen LogP contribution in [0.2, 0.25) is 0 Å². The summed E-state index contributed by atoms with van der Waals surface area (Å²) in [5.74, 6) is -0.639. The van der Waals surface area contributed by atoms with E-state index in [1.54, 1.807) is 11.3 Å². The molecule has 0 amide bonds. The van der Waals surface area contributed by atoms with Crippen LogP contribution in [-0.2, 0) is 10.2 Å². The van der Waals surface area contributed by atoms with Crippen LogP contribution < -0.4 is 4.90 Å². The number of carboxylic acids is 1. The summed E-state index contributed by atoms with van der Waals surface area (Å²) in [4.78, 5) is 13.3. The molecule has 5 nitrogen and oxygen atoms in total. The lowest BCUT2D eigenvalue weighted by Crippen LogP contribution is -2.42. The minimum Gasteiger partial charge on any atom is -0.481 e. The largest absolute Gasteiger partial charge is 0.481 e. The molecule has 0 saturated carbocycles. The number of rotatable bonds is 2. The first-order chi connectivity index (χ1) is 8.77. The zero-order chi connectivity index (χ0) is 14.2. The molecule has 2 rings (SSSR count). The van der Waals surface area contributed by atoms with Gasteiger partial charge in [0.25, 0.3) is 0 Å². The number of aliphatic carboxylic acids is 1. The van der Waals surface area contributed by atoms with E-state index in [1.807, 2.05) is 0 Å². The van der Waals surface area contributed by atoms with Crippen LogP contribution in [0.25, 0.3) is 0 Å². The molecule has 1 aromatic rings. The van der Waals surface area contributed by atoms with E-state index in [0.717, 1.165) is 23.1 Å². The Morgan fingerprint density at radius 1 is 1.37 bits per heavy atom. The highest BCUT2D eigenvalue weighted by atomic mass is 32.1. The van der Waals surface area contributed by atoms with Gasteiger partial charge in [-0.05, 0) is 12.3 Å². The van der Waals surface area contributed by atoms with Crippen LogP contribution in [0.5, 0.6) is 0 Å². The Morgan fingerprint density at radius 2 is 2.05 bits per heavy atom. The van der Waals surface area contributed by atoms with E-state index in [-0.39, 0.29) is 11.3 Å². The zero-order valence-electron chi connectivity index (χ0n) is 11.9. The highest BCUT2D eigenvalue weighted by Gasteiger charge is 2.31. The van der Waals surface area contributed by atoms with Crippen molar-refractivity contribution in [3.63, 3.8) is 0 Å². The molecule has 2 unspecified atom stereocenters. The first-order valence-electron chi connectivity index (χ1n) is 6.59. The molecule has 1 saturated heterocycles. The molecule has 1 fully saturated rings. The molecule has 6 heteroatoms. The van der Waals surface area contributed by atoms with Gasteiger partial charge in [-0.1, -0.05) is 39.0 Å². The quantitative estimate of drug-likeness (QED) is 0.902. The molecule has 0 aromatic carbocycles. The minimum atomic E-state index is -0.711. The predicted octanol–water partition coefficient (Wildman–Crippen LogP) is 2.38. The third kappa shape index (κ3) is 3.23. The predicted molar refractivity (Wildman–Crippen MR) is 75.7 cm³/mol. The Morgan fingerprint density at radius 3 is 2.58 bits per heavy atom. The fourth-order valence-electron chi connectivity index (χ4n) is 2.33. The summed E-state index contributed by atoms with van der Waals surface area (Å²) < 4.78 is 0. The van der Waals surface area contributed by atoms with Gasteiger partial charge in [-0.25, -0.2) is 0 Å². The zero-order valence-corrected chi connectivity index (χ0v) is 12.7. The van der Waals surface area contributed by atoms with Crippen LogP contribution in [0.1, 0.15) is 39.1 Å². The molecule has 0 radical (unpaired) electrons. The van der Waals surface area contributed by atoms with Crippen LogP contribution in [0.4, 0.5) is 5.13 Å². The monoisotopic (exact) mass is 283 g/mol. The van der Waals surface area contributed by atoms with Gasteiger partial charge in [0, 0.05) is 18.5 Å². The number of anilines is 1. The number of carboxylic acid groups (broad SMARTS) is 1. The van der Waals surface area contributed by atoms with Crippen molar-refractivity contribution in [2.45, 2.75) is 39.5 Å². The van der Waals surface area contributed by atoms with Gasteiger partial charge >= 0.3 is 5.97 Å². The normalized spacial score (nSPS) is 24.5. The molecule has 0 bridgehead atoms. The number of piperidine rings is 1. The fourth-order valence-corrected chi connectivity index (χ4v) is 3.25. The van der Waals surface area contributed by atoms with Crippen molar-refractivity contribution in [1.82, 2.24) is 10.2 Å². The molecule has 1 N–H and O–H groups in total. The topological polar surface area (TPSA) is 66.3 Å². The Labute approximate surface area is 117 Å². The van der Waals surface area contributed by atoms with Crippen LogP contribution in [0, 0.1) is 11.8 Å². The molecule has 1 aliphatic heterocycles.